The van der Waals surface area contributed by atoms with Gasteiger partial charge in [-0.3, -0.25) is 14.5 Å². The molecule has 12 nitrogen and oxygen atoms in total. The third kappa shape index (κ3) is 4.32. The van der Waals surface area contributed by atoms with Crippen molar-refractivity contribution in [3.63, 3.8) is 0 Å². The number of β-lactam (4-membered cyclic amide) rings is 1. The molecule has 14 heteroatoms. The molecule has 1 amide bonds. The lowest BCUT2D eigenvalue weighted by atomic mass is 9.89. The second-order valence-corrected chi connectivity index (χ2v) is 9.45. The van der Waals surface area contributed by atoms with Gasteiger partial charge in [0.2, 0.25) is 17.3 Å². The van der Waals surface area contributed by atoms with Crippen LogP contribution in [0.15, 0.2) is 16.4 Å². The molecule has 1 aromatic heterocycles. The summed E-state index contributed by atoms with van der Waals surface area (Å²) in [6.45, 7) is 4.32. The number of hydrogen-bond acceptors (Lipinski definition) is 11. The maximum Gasteiger partial charge on any atom is 0.352 e. The van der Waals surface area contributed by atoms with Gasteiger partial charge in [-0.2, -0.15) is 9.36 Å². The van der Waals surface area contributed by atoms with E-state index in [9.17, 15) is 29.4 Å². The molecule has 2 atom stereocenters. The number of carbonyl (C=O) groups excluding carboxylic acids is 2. The molecule has 32 heavy (non-hydrogen) atoms. The van der Waals surface area contributed by atoms with Crippen LogP contribution in [0.4, 0.5) is 5.13 Å². The molecule has 0 spiro atoms. The molecule has 0 radical (unpaired) electrons. The minimum Gasteiger partial charge on any atom is -0.478 e. The predicted molar refractivity (Wildman–Crippen MR) is 115 cm³/mol. The Morgan fingerprint density at radius 1 is 1.34 bits per heavy atom. The first-order valence-electron chi connectivity index (χ1n) is 9.50. The standard InChI is InChI=1S/C18H21N5O7S2/c1-4-7-6-31-14-8(13(25)23(14)11(7)15(26)27)5-9(24)10(12-20-17(19)32-22-12)21-30-18(2,3)16(28)29/h8,14H,4-6H2,1-3H3,(H,26,27)(H,28,29)(H2,19,20,22)/b21-10+/t8-,14-/m1/s1. The van der Waals surface area contributed by atoms with Gasteiger partial charge >= 0.3 is 11.9 Å². The fourth-order valence-corrected chi connectivity index (χ4v) is 5.08. The number of nitrogen functional groups attached to an aromatic ring is 1. The summed E-state index contributed by atoms with van der Waals surface area (Å²) < 4.78 is 3.93. The Hall–Kier alpha value is -3.00. The highest BCUT2D eigenvalue weighted by Gasteiger charge is 2.54. The van der Waals surface area contributed by atoms with Crippen molar-refractivity contribution in [1.82, 2.24) is 14.3 Å². The van der Waals surface area contributed by atoms with Gasteiger partial charge in [0.15, 0.2) is 16.6 Å². The van der Waals surface area contributed by atoms with Crippen LogP contribution in [0.3, 0.4) is 0 Å². The number of anilines is 1. The smallest absolute Gasteiger partial charge is 0.352 e. The number of carboxylic acids is 2. The number of aliphatic carboxylic acids is 2. The predicted octanol–water partition coefficient (Wildman–Crippen LogP) is 0.943. The largest absolute Gasteiger partial charge is 0.478 e. The Kier molecular flexibility index (Phi) is 6.55. The average molecular weight is 484 g/mol. The molecule has 4 N–H and O–H groups in total. The van der Waals surface area contributed by atoms with E-state index in [0.29, 0.717) is 17.7 Å². The summed E-state index contributed by atoms with van der Waals surface area (Å²) in [5, 5.41) is 22.0. The number of ketones is 1. The van der Waals surface area contributed by atoms with E-state index >= 15 is 0 Å². The topological polar surface area (TPSA) is 185 Å². The first-order chi connectivity index (χ1) is 15.0. The number of thioether (sulfide) groups is 1. The lowest BCUT2D eigenvalue weighted by molar-refractivity contribution is -0.161. The zero-order chi connectivity index (χ0) is 23.8. The minimum absolute atomic E-state index is 0.0284. The summed E-state index contributed by atoms with van der Waals surface area (Å²) >= 11 is 2.20. The van der Waals surface area contributed by atoms with E-state index in [4.69, 9.17) is 10.6 Å². The number of carbonyl (C=O) groups is 4. The third-order valence-electron chi connectivity index (χ3n) is 4.99. The van der Waals surface area contributed by atoms with E-state index in [1.165, 1.54) is 30.5 Å². The molecule has 3 rings (SSSR count). The van der Waals surface area contributed by atoms with E-state index in [1.807, 2.05) is 6.92 Å². The van der Waals surface area contributed by atoms with Crippen molar-refractivity contribution < 1.29 is 34.2 Å². The summed E-state index contributed by atoms with van der Waals surface area (Å²) in [6.07, 6.45) is 0.204. The zero-order valence-electron chi connectivity index (χ0n) is 17.4. The summed E-state index contributed by atoms with van der Waals surface area (Å²) in [6, 6.07) is 0. The van der Waals surface area contributed by atoms with Crippen LogP contribution in [-0.4, -0.2) is 70.5 Å². The number of nitrogens with zero attached hydrogens (tertiary/aromatic N) is 4. The van der Waals surface area contributed by atoms with Crippen molar-refractivity contribution >= 4 is 57.8 Å². The highest BCUT2D eigenvalue weighted by Crippen LogP contribution is 2.45. The van der Waals surface area contributed by atoms with Gasteiger partial charge in [-0.1, -0.05) is 12.1 Å². The normalized spacial score (nSPS) is 21.2. The first-order valence-corrected chi connectivity index (χ1v) is 11.3. The quantitative estimate of drug-likeness (QED) is 0.258. The second kappa shape index (κ2) is 8.86. The number of amides is 1. The van der Waals surface area contributed by atoms with Crippen LogP contribution in [-0.2, 0) is 24.0 Å². The van der Waals surface area contributed by atoms with Crippen molar-refractivity contribution in [3.05, 3.63) is 17.1 Å². The summed E-state index contributed by atoms with van der Waals surface area (Å²) in [5.41, 5.74) is 4.13. The molecule has 0 aliphatic carbocycles. The Morgan fingerprint density at radius 3 is 2.56 bits per heavy atom. The van der Waals surface area contributed by atoms with Crippen molar-refractivity contribution in [1.29, 1.82) is 0 Å². The molecule has 1 fully saturated rings. The number of oxime groups is 1. The van der Waals surface area contributed by atoms with E-state index < -0.39 is 40.5 Å². The molecule has 2 aliphatic heterocycles. The number of nitrogens with two attached hydrogens (primary N) is 1. The molecule has 2 aliphatic rings. The molecule has 1 saturated heterocycles. The van der Waals surface area contributed by atoms with E-state index in [2.05, 4.69) is 14.5 Å². The summed E-state index contributed by atoms with van der Waals surface area (Å²) in [7, 11) is 0. The van der Waals surface area contributed by atoms with Crippen molar-refractivity contribution in [2.75, 3.05) is 11.5 Å². The van der Waals surface area contributed by atoms with Gasteiger partial charge in [0.05, 0.1) is 11.3 Å². The van der Waals surface area contributed by atoms with E-state index in [1.54, 1.807) is 0 Å². The first kappa shape index (κ1) is 23.7. The van der Waals surface area contributed by atoms with Gasteiger partial charge in [0.25, 0.3) is 0 Å². The molecule has 0 bridgehead atoms. The van der Waals surface area contributed by atoms with Gasteiger partial charge < -0.3 is 20.8 Å². The Balaban J connectivity index is 1.83. The molecular weight excluding hydrogens is 462 g/mol. The van der Waals surface area contributed by atoms with Gasteiger partial charge in [-0.15, -0.1) is 11.8 Å². The van der Waals surface area contributed by atoms with Gasteiger partial charge in [-0.05, 0) is 25.8 Å². The lowest BCUT2D eigenvalue weighted by Gasteiger charge is -2.49. The van der Waals surface area contributed by atoms with Crippen molar-refractivity contribution in [2.45, 2.75) is 44.6 Å². The maximum absolute atomic E-state index is 13.0. The fourth-order valence-electron chi connectivity index (χ4n) is 3.13. The van der Waals surface area contributed by atoms with Gasteiger partial charge in [0.1, 0.15) is 5.70 Å². The van der Waals surface area contributed by atoms with Crippen molar-refractivity contribution in [3.8, 4) is 0 Å². The summed E-state index contributed by atoms with van der Waals surface area (Å²) in [5.74, 6) is -4.08. The van der Waals surface area contributed by atoms with E-state index in [0.717, 1.165) is 11.5 Å². The van der Waals surface area contributed by atoms with Crippen LogP contribution in [0.1, 0.15) is 39.4 Å². The second-order valence-electron chi connectivity index (χ2n) is 7.56. The molecule has 0 saturated carbocycles. The monoisotopic (exact) mass is 483 g/mol. The molecule has 0 aromatic carbocycles. The number of Topliss-reactive ketones (excluding diaryl/α,β-unsaturated/α-hetero) is 1. The molecule has 0 unspecified atom stereocenters. The van der Waals surface area contributed by atoms with Crippen LogP contribution >= 0.6 is 23.3 Å². The molecular formula is C18H21N5O7S2. The highest BCUT2D eigenvalue weighted by molar-refractivity contribution is 8.00. The van der Waals surface area contributed by atoms with Gasteiger partial charge in [0, 0.05) is 23.7 Å². The average Bonchev–Trinajstić information content (AvgIpc) is 3.16. The van der Waals surface area contributed by atoms with Gasteiger partial charge in [-0.25, -0.2) is 9.59 Å². The zero-order valence-corrected chi connectivity index (χ0v) is 19.0. The third-order valence-corrected chi connectivity index (χ3v) is 6.93. The number of rotatable bonds is 9. The van der Waals surface area contributed by atoms with Crippen LogP contribution < -0.4 is 5.73 Å². The van der Waals surface area contributed by atoms with E-state index in [-0.39, 0.29) is 28.8 Å². The maximum atomic E-state index is 13.0. The molecule has 3 heterocycles. The number of aromatic nitrogens is 2. The molecule has 172 valence electrons. The summed E-state index contributed by atoms with van der Waals surface area (Å²) in [4.78, 5) is 58.9. The Bertz CT molecular complexity index is 1050. The lowest BCUT2D eigenvalue weighted by Crippen LogP contribution is -2.62. The van der Waals surface area contributed by atoms with Crippen LogP contribution in [0.5, 0.6) is 0 Å². The number of carboxylic acid groups (broad SMARTS) is 2. The Morgan fingerprint density at radius 2 is 2.03 bits per heavy atom. The molecule has 1 aromatic rings. The van der Waals surface area contributed by atoms with Crippen LogP contribution in [0.2, 0.25) is 0 Å². The highest BCUT2D eigenvalue weighted by atomic mass is 32.2. The minimum atomic E-state index is -1.73. The van der Waals surface area contributed by atoms with Crippen LogP contribution in [0, 0.1) is 5.92 Å². The Labute approximate surface area is 190 Å². The fraction of sp³-hybridized carbons (Fsp3) is 0.500. The SMILES string of the molecule is CCC1=C(C(=O)O)N2C(=O)[C@@H](CC(=O)/C(=N\OC(C)(C)C(=O)O)c3nsc(N)n3)[C@H]2SC1. The number of fused-ring (bicyclic) bond motifs is 1. The number of hydrogen-bond donors (Lipinski definition) is 3. The van der Waals surface area contributed by atoms with Crippen molar-refractivity contribution in [2.24, 2.45) is 11.1 Å². The van der Waals surface area contributed by atoms with Crippen LogP contribution in [0.25, 0.3) is 0 Å².